The van der Waals surface area contributed by atoms with Crippen molar-refractivity contribution < 1.29 is 19.1 Å². The largest absolute Gasteiger partial charge is 0.427 e. The smallest absolute Gasteiger partial charge is 0.314 e. The zero-order valence-electron chi connectivity index (χ0n) is 12.5. The molecule has 0 amide bonds. The first-order valence-corrected chi connectivity index (χ1v) is 7.66. The Kier molecular flexibility index (Phi) is 4.35. The fourth-order valence-corrected chi connectivity index (χ4v) is 2.62. The third kappa shape index (κ3) is 3.90. The highest BCUT2D eigenvalue weighted by Gasteiger charge is 2.45. The number of carbonyl (C=O) groups excluding carboxylic acids is 2. The fourth-order valence-electron chi connectivity index (χ4n) is 2.49. The van der Waals surface area contributed by atoms with Crippen molar-refractivity contribution in [1.82, 2.24) is 0 Å². The average Bonchev–Trinajstić information content (AvgIpc) is 3.28. The van der Waals surface area contributed by atoms with E-state index in [0.717, 1.165) is 12.0 Å². The average molecular weight is 331 g/mol. The van der Waals surface area contributed by atoms with Crippen LogP contribution in [-0.2, 0) is 9.59 Å². The lowest BCUT2D eigenvalue weighted by atomic mass is 10.1. The van der Waals surface area contributed by atoms with E-state index in [9.17, 15) is 9.59 Å². The van der Waals surface area contributed by atoms with Crippen LogP contribution in [0.15, 0.2) is 48.5 Å². The predicted molar refractivity (Wildman–Crippen MR) is 85.7 cm³/mol. The van der Waals surface area contributed by atoms with Crippen molar-refractivity contribution in [3.8, 4) is 11.5 Å². The number of benzene rings is 2. The molecular formula is C18H15ClO4. The number of ether oxygens (including phenoxy) is 2. The van der Waals surface area contributed by atoms with E-state index < -0.39 is 5.97 Å². The van der Waals surface area contributed by atoms with Crippen LogP contribution >= 0.6 is 11.6 Å². The molecule has 0 radical (unpaired) electrons. The van der Waals surface area contributed by atoms with Crippen molar-refractivity contribution in [2.24, 2.45) is 5.92 Å². The van der Waals surface area contributed by atoms with Crippen molar-refractivity contribution in [2.75, 3.05) is 0 Å². The molecule has 0 bridgehead atoms. The van der Waals surface area contributed by atoms with Gasteiger partial charge in [0.25, 0.3) is 0 Å². The summed E-state index contributed by atoms with van der Waals surface area (Å²) in [4.78, 5) is 23.2. The molecule has 5 heteroatoms. The Labute approximate surface area is 139 Å². The highest BCUT2D eigenvalue weighted by molar-refractivity contribution is 6.30. The Morgan fingerprint density at radius 1 is 1.04 bits per heavy atom. The molecule has 3 rings (SSSR count). The molecule has 0 aromatic heterocycles. The molecular weight excluding hydrogens is 316 g/mol. The summed E-state index contributed by atoms with van der Waals surface area (Å²) in [5, 5.41) is 0.677. The highest BCUT2D eigenvalue weighted by Crippen LogP contribution is 2.48. The topological polar surface area (TPSA) is 52.6 Å². The van der Waals surface area contributed by atoms with E-state index in [0.29, 0.717) is 16.5 Å². The third-order valence-corrected chi connectivity index (χ3v) is 3.93. The minimum Gasteiger partial charge on any atom is -0.427 e. The lowest BCUT2D eigenvalue weighted by Gasteiger charge is -2.06. The normalized spacial score (nSPS) is 19.0. The van der Waals surface area contributed by atoms with Crippen LogP contribution in [0, 0.1) is 5.92 Å². The molecule has 0 heterocycles. The number of hydrogen-bond donors (Lipinski definition) is 0. The van der Waals surface area contributed by atoms with Crippen LogP contribution in [-0.4, -0.2) is 11.9 Å². The summed E-state index contributed by atoms with van der Waals surface area (Å²) in [6.07, 6.45) is 0.768. The molecule has 2 atom stereocenters. The second-order valence-electron chi connectivity index (χ2n) is 5.49. The molecule has 2 aromatic carbocycles. The van der Waals surface area contributed by atoms with Gasteiger partial charge in [0.05, 0.1) is 5.92 Å². The van der Waals surface area contributed by atoms with Gasteiger partial charge >= 0.3 is 11.9 Å². The zero-order valence-corrected chi connectivity index (χ0v) is 13.2. The van der Waals surface area contributed by atoms with E-state index in [1.54, 1.807) is 18.2 Å². The molecule has 1 aliphatic rings. The quantitative estimate of drug-likeness (QED) is 0.628. The van der Waals surface area contributed by atoms with Gasteiger partial charge in [-0.3, -0.25) is 9.59 Å². The van der Waals surface area contributed by atoms with Crippen molar-refractivity contribution in [3.05, 3.63) is 59.1 Å². The van der Waals surface area contributed by atoms with E-state index >= 15 is 0 Å². The summed E-state index contributed by atoms with van der Waals surface area (Å²) in [6.45, 7) is 1.32. The van der Waals surface area contributed by atoms with Crippen molar-refractivity contribution in [1.29, 1.82) is 0 Å². The molecule has 0 aliphatic heterocycles. The van der Waals surface area contributed by atoms with E-state index in [1.165, 1.54) is 13.0 Å². The van der Waals surface area contributed by atoms with Gasteiger partial charge in [-0.2, -0.15) is 0 Å². The molecule has 2 aromatic rings. The SMILES string of the molecule is CC(=O)Oc1cccc(OC(=O)[C@@H]2C[C@@H]2c2ccc(Cl)cc2)c1. The van der Waals surface area contributed by atoms with Gasteiger partial charge in [0.1, 0.15) is 11.5 Å². The lowest BCUT2D eigenvalue weighted by Crippen LogP contribution is -2.11. The van der Waals surface area contributed by atoms with Crippen molar-refractivity contribution in [2.45, 2.75) is 19.3 Å². The number of hydrogen-bond acceptors (Lipinski definition) is 4. The predicted octanol–water partition coefficient (Wildman–Crippen LogP) is 3.97. The van der Waals surface area contributed by atoms with Gasteiger partial charge in [-0.15, -0.1) is 0 Å². The number of esters is 2. The van der Waals surface area contributed by atoms with Crippen molar-refractivity contribution >= 4 is 23.5 Å². The first-order chi connectivity index (χ1) is 11.0. The van der Waals surface area contributed by atoms with E-state index in [1.807, 2.05) is 24.3 Å². The zero-order chi connectivity index (χ0) is 16.4. The van der Waals surface area contributed by atoms with Crippen LogP contribution in [0.3, 0.4) is 0 Å². The summed E-state index contributed by atoms with van der Waals surface area (Å²) in [5.74, 6) is 0.0664. The second-order valence-corrected chi connectivity index (χ2v) is 5.93. The van der Waals surface area contributed by atoms with Crippen LogP contribution < -0.4 is 9.47 Å². The molecule has 0 N–H and O–H groups in total. The lowest BCUT2D eigenvalue weighted by molar-refractivity contribution is -0.136. The van der Waals surface area contributed by atoms with Crippen LogP contribution in [0.1, 0.15) is 24.8 Å². The molecule has 0 unspecified atom stereocenters. The van der Waals surface area contributed by atoms with Crippen LogP contribution in [0.4, 0.5) is 0 Å². The molecule has 1 aliphatic carbocycles. The Balaban J connectivity index is 1.62. The second kappa shape index (κ2) is 6.42. The highest BCUT2D eigenvalue weighted by atomic mass is 35.5. The molecule has 118 valence electrons. The molecule has 0 spiro atoms. The maximum absolute atomic E-state index is 12.2. The number of rotatable bonds is 4. The number of carbonyl (C=O) groups is 2. The number of halogens is 1. The summed E-state index contributed by atoms with van der Waals surface area (Å²) in [7, 11) is 0. The summed E-state index contributed by atoms with van der Waals surface area (Å²) < 4.78 is 10.4. The third-order valence-electron chi connectivity index (χ3n) is 3.68. The Morgan fingerprint density at radius 3 is 2.35 bits per heavy atom. The maximum Gasteiger partial charge on any atom is 0.314 e. The Bertz CT molecular complexity index is 739. The standard InChI is InChI=1S/C18H15ClO4/c1-11(20)22-14-3-2-4-15(9-14)23-18(21)17-10-16(17)12-5-7-13(19)8-6-12/h2-9,16-17H,10H2,1H3/t16-,17-/m1/s1. The minimum absolute atomic E-state index is 0.145. The van der Waals surface area contributed by atoms with E-state index in [2.05, 4.69) is 0 Å². The maximum atomic E-state index is 12.2. The van der Waals surface area contributed by atoms with Gasteiger partial charge in [0.2, 0.25) is 0 Å². The molecule has 4 nitrogen and oxygen atoms in total. The minimum atomic E-state index is -0.418. The van der Waals surface area contributed by atoms with E-state index in [-0.39, 0.29) is 17.8 Å². The van der Waals surface area contributed by atoms with Crippen LogP contribution in [0.25, 0.3) is 0 Å². The van der Waals surface area contributed by atoms with Gasteiger partial charge in [0.15, 0.2) is 0 Å². The van der Waals surface area contributed by atoms with Gasteiger partial charge in [-0.05, 0) is 42.2 Å². The molecule has 23 heavy (non-hydrogen) atoms. The molecule has 0 saturated heterocycles. The van der Waals surface area contributed by atoms with Crippen LogP contribution in [0.2, 0.25) is 5.02 Å². The summed E-state index contributed by atoms with van der Waals surface area (Å²) in [6, 6.07) is 14.0. The monoisotopic (exact) mass is 330 g/mol. The first-order valence-electron chi connectivity index (χ1n) is 7.28. The van der Waals surface area contributed by atoms with Gasteiger partial charge in [-0.25, -0.2) is 0 Å². The van der Waals surface area contributed by atoms with Gasteiger partial charge in [-0.1, -0.05) is 29.8 Å². The molecule has 1 saturated carbocycles. The fraction of sp³-hybridized carbons (Fsp3) is 0.222. The molecule has 1 fully saturated rings. The van der Waals surface area contributed by atoms with Crippen molar-refractivity contribution in [3.63, 3.8) is 0 Å². The van der Waals surface area contributed by atoms with E-state index in [4.69, 9.17) is 21.1 Å². The van der Waals surface area contributed by atoms with Gasteiger partial charge < -0.3 is 9.47 Å². The first kappa shape index (κ1) is 15.6. The summed E-state index contributed by atoms with van der Waals surface area (Å²) >= 11 is 5.87. The van der Waals surface area contributed by atoms with Gasteiger partial charge in [0, 0.05) is 18.0 Å². The summed E-state index contributed by atoms with van der Waals surface area (Å²) in [5.41, 5.74) is 1.09. The Morgan fingerprint density at radius 2 is 1.70 bits per heavy atom. The Hall–Kier alpha value is -2.33. The van der Waals surface area contributed by atoms with Crippen LogP contribution in [0.5, 0.6) is 11.5 Å².